The fourth-order valence-corrected chi connectivity index (χ4v) is 1.44. The molecule has 1 heterocycles. The van der Waals surface area contributed by atoms with Crippen molar-refractivity contribution in [3.05, 3.63) is 41.7 Å². The Balaban J connectivity index is 2.42. The second-order valence-electron chi connectivity index (χ2n) is 3.77. The molecular formula is C12H8F3N5O. The molecule has 1 aromatic carbocycles. The van der Waals surface area contributed by atoms with Crippen LogP contribution in [0, 0.1) is 11.3 Å². The smallest absolute Gasteiger partial charge is 0.437 e. The topological polar surface area (TPSA) is 96.8 Å². The lowest BCUT2D eigenvalue weighted by molar-refractivity contribution is -0.145. The van der Waals surface area contributed by atoms with E-state index >= 15 is 0 Å². The molecule has 0 saturated carbocycles. The van der Waals surface area contributed by atoms with E-state index in [1.807, 2.05) is 11.5 Å². The second-order valence-corrected chi connectivity index (χ2v) is 3.77. The molecule has 108 valence electrons. The predicted molar refractivity (Wildman–Crippen MR) is 66.1 cm³/mol. The minimum Gasteiger partial charge on any atom is -0.437 e. The number of ether oxygens (including phenoxy) is 1. The van der Waals surface area contributed by atoms with Crippen molar-refractivity contribution in [1.29, 1.82) is 5.26 Å². The Labute approximate surface area is 117 Å². The number of anilines is 1. The van der Waals surface area contributed by atoms with Crippen molar-refractivity contribution in [2.45, 2.75) is 6.18 Å². The maximum absolute atomic E-state index is 12.7. The Bertz CT molecular complexity index is 696. The van der Waals surface area contributed by atoms with Gasteiger partial charge in [-0.15, -0.1) is 0 Å². The Morgan fingerprint density at radius 2 is 1.95 bits per heavy atom. The zero-order chi connectivity index (χ0) is 15.5. The molecule has 6 nitrogen and oxygen atoms in total. The number of halogens is 3. The molecular weight excluding hydrogens is 287 g/mol. The SMILES string of the molecule is N#Cc1ccccc1Oc1cc(NN)nc(C(F)(F)F)n1. The summed E-state index contributed by atoms with van der Waals surface area (Å²) in [4.78, 5) is 6.45. The number of rotatable bonds is 3. The van der Waals surface area contributed by atoms with E-state index in [1.165, 1.54) is 12.1 Å². The zero-order valence-electron chi connectivity index (χ0n) is 10.3. The van der Waals surface area contributed by atoms with Crippen LogP contribution >= 0.6 is 0 Å². The first kappa shape index (κ1) is 14.5. The molecule has 0 unspecified atom stereocenters. The van der Waals surface area contributed by atoms with Gasteiger partial charge in [0.05, 0.1) is 5.56 Å². The van der Waals surface area contributed by atoms with E-state index in [0.717, 1.165) is 6.07 Å². The van der Waals surface area contributed by atoms with Crippen LogP contribution in [0.15, 0.2) is 30.3 Å². The van der Waals surface area contributed by atoms with E-state index in [4.69, 9.17) is 15.8 Å². The van der Waals surface area contributed by atoms with E-state index in [2.05, 4.69) is 9.97 Å². The Kier molecular flexibility index (Phi) is 3.91. The molecule has 0 aliphatic heterocycles. The quantitative estimate of drug-likeness (QED) is 0.667. The van der Waals surface area contributed by atoms with Gasteiger partial charge in [0.25, 0.3) is 0 Å². The van der Waals surface area contributed by atoms with Crippen LogP contribution in [0.4, 0.5) is 19.0 Å². The van der Waals surface area contributed by atoms with Crippen molar-refractivity contribution < 1.29 is 17.9 Å². The first-order valence-corrected chi connectivity index (χ1v) is 5.54. The van der Waals surface area contributed by atoms with Crippen LogP contribution in [0.25, 0.3) is 0 Å². The first-order chi connectivity index (χ1) is 9.94. The van der Waals surface area contributed by atoms with Gasteiger partial charge in [-0.2, -0.15) is 23.4 Å². The van der Waals surface area contributed by atoms with Crippen molar-refractivity contribution in [2.24, 2.45) is 5.84 Å². The Hall–Kier alpha value is -2.86. The number of benzene rings is 1. The highest BCUT2D eigenvalue weighted by molar-refractivity contribution is 5.45. The van der Waals surface area contributed by atoms with E-state index < -0.39 is 12.0 Å². The number of hydrogen-bond donors (Lipinski definition) is 2. The average Bonchev–Trinajstić information content (AvgIpc) is 2.46. The highest BCUT2D eigenvalue weighted by Crippen LogP contribution is 2.30. The summed E-state index contributed by atoms with van der Waals surface area (Å²) in [5.74, 6) is 3.10. The van der Waals surface area contributed by atoms with Crippen molar-refractivity contribution in [1.82, 2.24) is 9.97 Å². The van der Waals surface area contributed by atoms with Gasteiger partial charge in [-0.25, -0.2) is 10.8 Å². The molecule has 0 amide bonds. The van der Waals surface area contributed by atoms with Crippen LogP contribution in [-0.4, -0.2) is 9.97 Å². The van der Waals surface area contributed by atoms with Gasteiger partial charge >= 0.3 is 6.18 Å². The zero-order valence-corrected chi connectivity index (χ0v) is 10.3. The Morgan fingerprint density at radius 3 is 2.57 bits per heavy atom. The van der Waals surface area contributed by atoms with E-state index in [1.54, 1.807) is 12.1 Å². The third-order valence-electron chi connectivity index (χ3n) is 2.33. The number of aromatic nitrogens is 2. The first-order valence-electron chi connectivity index (χ1n) is 5.54. The summed E-state index contributed by atoms with van der Waals surface area (Å²) in [7, 11) is 0. The lowest BCUT2D eigenvalue weighted by Gasteiger charge is -2.11. The predicted octanol–water partition coefficient (Wildman–Crippen LogP) is 2.44. The number of nitrogens with one attached hydrogen (secondary N) is 1. The molecule has 0 bridgehead atoms. The third kappa shape index (κ3) is 3.37. The summed E-state index contributed by atoms with van der Waals surface area (Å²) in [5, 5.41) is 8.91. The maximum Gasteiger partial charge on any atom is 0.451 e. The van der Waals surface area contributed by atoms with Gasteiger partial charge in [-0.05, 0) is 12.1 Å². The number of hydrogen-bond acceptors (Lipinski definition) is 6. The van der Waals surface area contributed by atoms with Crippen LogP contribution in [0.2, 0.25) is 0 Å². The minimum absolute atomic E-state index is 0.0785. The summed E-state index contributed by atoms with van der Waals surface area (Å²) < 4.78 is 43.2. The fraction of sp³-hybridized carbons (Fsp3) is 0.0833. The normalized spacial score (nSPS) is 10.8. The van der Waals surface area contributed by atoms with Gasteiger partial charge in [-0.3, -0.25) is 0 Å². The molecule has 1 aromatic heterocycles. The highest BCUT2D eigenvalue weighted by Gasteiger charge is 2.35. The van der Waals surface area contributed by atoms with Gasteiger partial charge in [0, 0.05) is 6.07 Å². The van der Waals surface area contributed by atoms with E-state index in [-0.39, 0.29) is 23.0 Å². The molecule has 0 aliphatic carbocycles. The molecule has 0 fully saturated rings. The van der Waals surface area contributed by atoms with Crippen LogP contribution in [0.1, 0.15) is 11.4 Å². The van der Waals surface area contributed by atoms with Gasteiger partial charge in [0.1, 0.15) is 17.6 Å². The number of hydrazine groups is 1. The van der Waals surface area contributed by atoms with E-state index in [9.17, 15) is 13.2 Å². The van der Waals surface area contributed by atoms with Crippen LogP contribution in [0.3, 0.4) is 0 Å². The van der Waals surface area contributed by atoms with Gasteiger partial charge < -0.3 is 10.2 Å². The van der Waals surface area contributed by atoms with E-state index in [0.29, 0.717) is 0 Å². The summed E-state index contributed by atoms with van der Waals surface area (Å²) in [6, 6.07) is 9.01. The highest BCUT2D eigenvalue weighted by atomic mass is 19.4. The van der Waals surface area contributed by atoms with Crippen LogP contribution in [0.5, 0.6) is 11.6 Å². The van der Waals surface area contributed by atoms with Gasteiger partial charge in [0.15, 0.2) is 0 Å². The summed E-state index contributed by atoms with van der Waals surface area (Å²) in [5.41, 5.74) is 2.16. The molecule has 0 atom stereocenters. The molecule has 3 N–H and O–H groups in total. The van der Waals surface area contributed by atoms with Crippen molar-refractivity contribution in [3.8, 4) is 17.7 Å². The molecule has 2 aromatic rings. The number of nitrogens with zero attached hydrogens (tertiary/aromatic N) is 3. The molecule has 2 rings (SSSR count). The summed E-state index contributed by atoms with van der Waals surface area (Å²) in [6.07, 6.45) is -4.75. The number of nitrogen functional groups attached to an aromatic ring is 1. The number of alkyl halides is 3. The van der Waals surface area contributed by atoms with Crippen LogP contribution in [-0.2, 0) is 6.18 Å². The molecule has 21 heavy (non-hydrogen) atoms. The monoisotopic (exact) mass is 295 g/mol. The number of para-hydroxylation sites is 1. The number of nitrogens with two attached hydrogens (primary N) is 1. The summed E-state index contributed by atoms with van der Waals surface area (Å²) >= 11 is 0. The molecule has 0 radical (unpaired) electrons. The standard InChI is InChI=1S/C12H8F3N5O/c13-12(14,15)11-18-9(20-17)5-10(19-11)21-8-4-2-1-3-7(8)6-16/h1-5H,17H2,(H,18,19,20). The fourth-order valence-electron chi connectivity index (χ4n) is 1.44. The molecule has 9 heteroatoms. The lowest BCUT2D eigenvalue weighted by Crippen LogP contribution is -2.16. The molecule has 0 spiro atoms. The maximum atomic E-state index is 12.7. The molecule has 0 aliphatic rings. The van der Waals surface area contributed by atoms with Gasteiger partial charge in [0.2, 0.25) is 11.7 Å². The van der Waals surface area contributed by atoms with Crippen molar-refractivity contribution in [3.63, 3.8) is 0 Å². The minimum atomic E-state index is -4.75. The summed E-state index contributed by atoms with van der Waals surface area (Å²) in [6.45, 7) is 0. The van der Waals surface area contributed by atoms with Crippen molar-refractivity contribution in [2.75, 3.05) is 5.43 Å². The van der Waals surface area contributed by atoms with Crippen molar-refractivity contribution >= 4 is 5.82 Å². The lowest BCUT2D eigenvalue weighted by atomic mass is 10.2. The van der Waals surface area contributed by atoms with Crippen LogP contribution < -0.4 is 16.0 Å². The largest absolute Gasteiger partial charge is 0.451 e. The molecule has 0 saturated heterocycles. The Morgan fingerprint density at radius 1 is 1.24 bits per heavy atom. The van der Waals surface area contributed by atoms with Gasteiger partial charge in [-0.1, -0.05) is 12.1 Å². The number of nitriles is 1. The second kappa shape index (κ2) is 5.64. The third-order valence-corrected chi connectivity index (χ3v) is 2.33. The average molecular weight is 295 g/mol.